The molecular formula is C28H34N2O2S2. The van der Waals surface area contributed by atoms with Crippen LogP contribution in [0.15, 0.2) is 64.9 Å². The van der Waals surface area contributed by atoms with Crippen molar-refractivity contribution in [2.24, 2.45) is 0 Å². The lowest BCUT2D eigenvalue weighted by Crippen LogP contribution is -2.07. The van der Waals surface area contributed by atoms with Gasteiger partial charge in [0.25, 0.3) is 0 Å². The van der Waals surface area contributed by atoms with Gasteiger partial charge < -0.3 is 4.74 Å². The zero-order valence-electron chi connectivity index (χ0n) is 20.1. The number of thiazole rings is 1. The van der Waals surface area contributed by atoms with Crippen LogP contribution in [0.25, 0.3) is 17.3 Å². The van der Waals surface area contributed by atoms with Crippen LogP contribution in [0, 0.1) is 0 Å². The molecule has 0 aliphatic rings. The average molecular weight is 495 g/mol. The molecule has 0 atom stereocenters. The summed E-state index contributed by atoms with van der Waals surface area (Å²) in [5, 5.41) is 5.36. The van der Waals surface area contributed by atoms with Crippen molar-refractivity contribution >= 4 is 40.2 Å². The Kier molecular flexibility index (Phi) is 11.2. The molecule has 6 heteroatoms. The smallest absolute Gasteiger partial charge is 0.250 e. The summed E-state index contributed by atoms with van der Waals surface area (Å²) in [5.41, 5.74) is 2.82. The van der Waals surface area contributed by atoms with Gasteiger partial charge in [-0.3, -0.25) is 10.1 Å². The standard InChI is InChI=1S/C28H34N2O2S2/c1-3-4-5-6-7-8-9-20-33-25-17-10-22(11-18-25)12-19-27(31)30-28-29-26(21-34-28)23-13-15-24(32-2)16-14-23/h10-19,21H,3-9,20H2,1-2H3,(H,29,30,31)/b19-12-. The Balaban J connectivity index is 1.39. The third-order valence-corrected chi connectivity index (χ3v) is 7.30. The molecule has 0 aliphatic heterocycles. The predicted molar refractivity (Wildman–Crippen MR) is 147 cm³/mol. The molecule has 180 valence electrons. The number of nitrogens with zero attached hydrogens (tertiary/aromatic N) is 1. The first-order valence-electron chi connectivity index (χ1n) is 12.0. The minimum Gasteiger partial charge on any atom is -0.497 e. The summed E-state index contributed by atoms with van der Waals surface area (Å²) in [4.78, 5) is 18.1. The molecule has 0 radical (unpaired) electrons. The molecular weight excluding hydrogens is 460 g/mol. The van der Waals surface area contributed by atoms with Crippen LogP contribution in [-0.2, 0) is 4.79 Å². The first-order chi connectivity index (χ1) is 16.7. The van der Waals surface area contributed by atoms with E-state index in [1.165, 1.54) is 61.2 Å². The summed E-state index contributed by atoms with van der Waals surface area (Å²) in [5.74, 6) is 1.78. The molecule has 0 fully saturated rings. The van der Waals surface area contributed by atoms with Gasteiger partial charge in [0.05, 0.1) is 12.8 Å². The maximum absolute atomic E-state index is 12.3. The van der Waals surface area contributed by atoms with E-state index in [0.29, 0.717) is 5.13 Å². The molecule has 34 heavy (non-hydrogen) atoms. The van der Waals surface area contributed by atoms with Crippen molar-refractivity contribution in [1.82, 2.24) is 4.98 Å². The summed E-state index contributed by atoms with van der Waals surface area (Å²) < 4.78 is 5.19. The van der Waals surface area contributed by atoms with Crippen molar-refractivity contribution in [1.29, 1.82) is 0 Å². The van der Waals surface area contributed by atoms with Crippen LogP contribution in [0.4, 0.5) is 5.13 Å². The van der Waals surface area contributed by atoms with E-state index in [0.717, 1.165) is 28.3 Å². The van der Waals surface area contributed by atoms with Gasteiger partial charge in [-0.1, -0.05) is 57.6 Å². The zero-order chi connectivity index (χ0) is 24.0. The molecule has 3 aromatic rings. The Bertz CT molecular complexity index is 1030. The monoisotopic (exact) mass is 494 g/mol. The van der Waals surface area contributed by atoms with Gasteiger partial charge in [0, 0.05) is 21.9 Å². The van der Waals surface area contributed by atoms with Crippen LogP contribution < -0.4 is 10.1 Å². The van der Waals surface area contributed by atoms with E-state index in [9.17, 15) is 4.79 Å². The van der Waals surface area contributed by atoms with Crippen LogP contribution in [-0.4, -0.2) is 23.8 Å². The van der Waals surface area contributed by atoms with Crippen LogP contribution in [0.3, 0.4) is 0 Å². The highest BCUT2D eigenvalue weighted by Gasteiger charge is 2.07. The van der Waals surface area contributed by atoms with E-state index >= 15 is 0 Å². The molecule has 0 bridgehead atoms. The van der Waals surface area contributed by atoms with Crippen LogP contribution in [0.5, 0.6) is 5.75 Å². The number of aromatic nitrogens is 1. The molecule has 0 unspecified atom stereocenters. The second-order valence-electron chi connectivity index (χ2n) is 8.13. The third-order valence-electron chi connectivity index (χ3n) is 5.44. The quantitative estimate of drug-likeness (QED) is 0.139. The topological polar surface area (TPSA) is 51.2 Å². The highest BCUT2D eigenvalue weighted by atomic mass is 32.2. The van der Waals surface area contributed by atoms with E-state index < -0.39 is 0 Å². The summed E-state index contributed by atoms with van der Waals surface area (Å²) in [7, 11) is 1.64. The fourth-order valence-electron chi connectivity index (χ4n) is 3.47. The van der Waals surface area contributed by atoms with Gasteiger partial charge in [-0.25, -0.2) is 4.98 Å². The number of methoxy groups -OCH3 is 1. The maximum Gasteiger partial charge on any atom is 0.250 e. The SMILES string of the molecule is CCCCCCCCCSc1ccc(/C=C\C(=O)Nc2nc(-c3ccc(OC)cc3)cs2)cc1. The molecule has 0 spiro atoms. The number of hydrogen-bond acceptors (Lipinski definition) is 5. The number of carbonyl (C=O) groups excluding carboxylic acids is 1. The number of anilines is 1. The number of unbranched alkanes of at least 4 members (excludes halogenated alkanes) is 6. The predicted octanol–water partition coefficient (Wildman–Crippen LogP) is 8.31. The van der Waals surface area contributed by atoms with Gasteiger partial charge in [-0.15, -0.1) is 23.1 Å². The second kappa shape index (κ2) is 14.6. The first-order valence-corrected chi connectivity index (χ1v) is 13.9. The summed E-state index contributed by atoms with van der Waals surface area (Å²) in [6, 6.07) is 16.1. The number of thioether (sulfide) groups is 1. The molecule has 3 rings (SSSR count). The number of carbonyl (C=O) groups is 1. The van der Waals surface area contributed by atoms with Gasteiger partial charge >= 0.3 is 0 Å². The minimum absolute atomic E-state index is 0.187. The fraction of sp³-hybridized carbons (Fsp3) is 0.357. The Hall–Kier alpha value is -2.57. The molecule has 1 amide bonds. The normalized spacial score (nSPS) is 11.1. The zero-order valence-corrected chi connectivity index (χ0v) is 21.7. The minimum atomic E-state index is -0.187. The third kappa shape index (κ3) is 8.99. The van der Waals surface area contributed by atoms with E-state index in [2.05, 4.69) is 41.5 Å². The summed E-state index contributed by atoms with van der Waals surface area (Å²) in [6.45, 7) is 2.26. The number of amides is 1. The molecule has 0 saturated carbocycles. The van der Waals surface area contributed by atoms with Crippen molar-refractivity contribution in [3.05, 3.63) is 65.6 Å². The number of benzene rings is 2. The lowest BCUT2D eigenvalue weighted by atomic mass is 10.1. The number of ether oxygens (including phenoxy) is 1. The van der Waals surface area contributed by atoms with Crippen LogP contribution in [0.2, 0.25) is 0 Å². The lowest BCUT2D eigenvalue weighted by Gasteiger charge is -2.03. The fourth-order valence-corrected chi connectivity index (χ4v) is 5.10. The molecule has 1 aromatic heterocycles. The molecule has 2 aromatic carbocycles. The van der Waals surface area contributed by atoms with E-state index in [1.54, 1.807) is 13.2 Å². The number of rotatable bonds is 14. The van der Waals surface area contributed by atoms with Gasteiger partial charge in [0.2, 0.25) is 5.91 Å². The molecule has 0 saturated heterocycles. The Morgan fingerprint density at radius 1 is 1.00 bits per heavy atom. The first kappa shape index (κ1) is 26.0. The van der Waals surface area contributed by atoms with Gasteiger partial charge in [0.1, 0.15) is 5.75 Å². The molecule has 1 heterocycles. The van der Waals surface area contributed by atoms with E-state index in [1.807, 2.05) is 47.5 Å². The highest BCUT2D eigenvalue weighted by Crippen LogP contribution is 2.26. The van der Waals surface area contributed by atoms with Gasteiger partial charge in [0.15, 0.2) is 5.13 Å². The molecule has 4 nitrogen and oxygen atoms in total. The van der Waals surface area contributed by atoms with Crippen molar-refractivity contribution in [2.45, 2.75) is 56.8 Å². The number of nitrogens with one attached hydrogen (secondary N) is 1. The second-order valence-corrected chi connectivity index (χ2v) is 10.2. The van der Waals surface area contributed by atoms with E-state index in [4.69, 9.17) is 4.74 Å². The van der Waals surface area contributed by atoms with Crippen LogP contribution >= 0.6 is 23.1 Å². The number of hydrogen-bond donors (Lipinski definition) is 1. The van der Waals surface area contributed by atoms with Crippen molar-refractivity contribution in [2.75, 3.05) is 18.2 Å². The van der Waals surface area contributed by atoms with Gasteiger partial charge in [-0.2, -0.15) is 0 Å². The lowest BCUT2D eigenvalue weighted by molar-refractivity contribution is -0.111. The van der Waals surface area contributed by atoms with Crippen molar-refractivity contribution in [3.8, 4) is 17.0 Å². The maximum atomic E-state index is 12.3. The Morgan fingerprint density at radius 3 is 2.41 bits per heavy atom. The highest BCUT2D eigenvalue weighted by molar-refractivity contribution is 7.99. The van der Waals surface area contributed by atoms with E-state index in [-0.39, 0.29) is 5.91 Å². The van der Waals surface area contributed by atoms with Crippen LogP contribution in [0.1, 0.15) is 57.4 Å². The van der Waals surface area contributed by atoms with Crippen molar-refractivity contribution in [3.63, 3.8) is 0 Å². The van der Waals surface area contributed by atoms with Crippen molar-refractivity contribution < 1.29 is 9.53 Å². The molecule has 1 N–H and O–H groups in total. The largest absolute Gasteiger partial charge is 0.497 e. The Morgan fingerprint density at radius 2 is 1.71 bits per heavy atom. The summed E-state index contributed by atoms with van der Waals surface area (Å²) >= 11 is 3.32. The summed E-state index contributed by atoms with van der Waals surface area (Å²) in [6.07, 6.45) is 12.8. The average Bonchev–Trinajstić information content (AvgIpc) is 3.33. The molecule has 0 aliphatic carbocycles. The van der Waals surface area contributed by atoms with Gasteiger partial charge in [-0.05, 0) is 60.2 Å². The Labute approximate surface area is 211 Å².